The predicted molar refractivity (Wildman–Crippen MR) is 76.1 cm³/mol. The predicted octanol–water partition coefficient (Wildman–Crippen LogP) is 0.892. The summed E-state index contributed by atoms with van der Waals surface area (Å²) >= 11 is 3.26. The lowest BCUT2D eigenvalue weighted by atomic mass is 10.2. The number of aromatic hydroxyl groups is 1. The Morgan fingerprint density at radius 3 is 2.95 bits per heavy atom. The van der Waals surface area contributed by atoms with Gasteiger partial charge < -0.3 is 15.6 Å². The number of aromatic nitrogens is 2. The number of rotatable bonds is 4. The molecule has 1 heterocycles. The van der Waals surface area contributed by atoms with E-state index in [9.17, 15) is 9.90 Å². The molecule has 4 N–H and O–H groups in total. The zero-order valence-electron chi connectivity index (χ0n) is 10.7. The Kier molecular flexibility index (Phi) is 4.38. The Morgan fingerprint density at radius 2 is 2.33 bits per heavy atom. The second-order valence-electron chi connectivity index (χ2n) is 3.74. The van der Waals surface area contributed by atoms with Gasteiger partial charge in [-0.1, -0.05) is 15.9 Å². The van der Waals surface area contributed by atoms with Crippen LogP contribution >= 0.6 is 15.9 Å². The Labute approximate surface area is 126 Å². The van der Waals surface area contributed by atoms with Gasteiger partial charge >= 0.3 is 0 Å². The minimum absolute atomic E-state index is 0.110. The van der Waals surface area contributed by atoms with E-state index in [1.807, 2.05) is 0 Å². The average Bonchev–Trinajstić information content (AvgIpc) is 2.88. The molecule has 110 valence electrons. The number of carbonyl (C=O) groups excluding carboxylic acids is 1. The number of methoxy groups -OCH3 is 1. The maximum absolute atomic E-state index is 11.6. The third kappa shape index (κ3) is 3.28. The fourth-order valence-corrected chi connectivity index (χ4v) is 1.87. The SMILES string of the molecule is COc1cc(Br)cc(/C=N/NC(=O)c2nonc2N)c1O. The van der Waals surface area contributed by atoms with Crippen molar-refractivity contribution >= 4 is 33.9 Å². The van der Waals surface area contributed by atoms with Gasteiger partial charge in [0.05, 0.1) is 13.3 Å². The van der Waals surface area contributed by atoms with Crippen LogP contribution < -0.4 is 15.9 Å². The largest absolute Gasteiger partial charge is 0.504 e. The van der Waals surface area contributed by atoms with Crippen LogP contribution in [0.2, 0.25) is 0 Å². The molecule has 2 rings (SSSR count). The summed E-state index contributed by atoms with van der Waals surface area (Å²) in [4.78, 5) is 11.6. The van der Waals surface area contributed by atoms with Crippen LogP contribution in [0.5, 0.6) is 11.5 Å². The van der Waals surface area contributed by atoms with Crippen LogP contribution in [-0.2, 0) is 0 Å². The number of ether oxygens (including phenoxy) is 1. The van der Waals surface area contributed by atoms with Crippen molar-refractivity contribution in [1.29, 1.82) is 0 Å². The lowest BCUT2D eigenvalue weighted by Crippen LogP contribution is -2.19. The molecule has 0 fully saturated rings. The van der Waals surface area contributed by atoms with Crippen molar-refractivity contribution in [3.63, 3.8) is 0 Å². The van der Waals surface area contributed by atoms with Gasteiger partial charge in [0.2, 0.25) is 11.5 Å². The van der Waals surface area contributed by atoms with Gasteiger partial charge in [-0.25, -0.2) is 10.1 Å². The van der Waals surface area contributed by atoms with Crippen LogP contribution in [0, 0.1) is 0 Å². The summed E-state index contributed by atoms with van der Waals surface area (Å²) in [7, 11) is 1.42. The first-order valence-corrected chi connectivity index (χ1v) is 6.30. The maximum atomic E-state index is 11.6. The molecular formula is C11H10BrN5O4. The van der Waals surface area contributed by atoms with E-state index >= 15 is 0 Å². The Balaban J connectivity index is 2.14. The van der Waals surface area contributed by atoms with Crippen LogP contribution in [0.1, 0.15) is 16.1 Å². The lowest BCUT2D eigenvalue weighted by Gasteiger charge is -2.06. The second-order valence-corrected chi connectivity index (χ2v) is 4.66. The summed E-state index contributed by atoms with van der Waals surface area (Å²) in [6.45, 7) is 0. The van der Waals surface area contributed by atoms with Gasteiger partial charge in [-0.05, 0) is 22.4 Å². The topological polar surface area (TPSA) is 136 Å². The number of amides is 1. The van der Waals surface area contributed by atoms with E-state index in [4.69, 9.17) is 10.5 Å². The number of nitrogen functional groups attached to an aromatic ring is 1. The van der Waals surface area contributed by atoms with Crippen molar-refractivity contribution < 1.29 is 19.3 Å². The van der Waals surface area contributed by atoms with Crippen molar-refractivity contribution in [2.45, 2.75) is 0 Å². The molecule has 9 nitrogen and oxygen atoms in total. The summed E-state index contributed by atoms with van der Waals surface area (Å²) in [6, 6.07) is 3.19. The van der Waals surface area contributed by atoms with Crippen molar-refractivity contribution in [2.24, 2.45) is 5.10 Å². The first kappa shape index (κ1) is 14.8. The number of nitrogens with zero attached hydrogens (tertiary/aromatic N) is 3. The minimum atomic E-state index is -0.688. The standard InChI is InChI=1S/C11H10BrN5O4/c1-20-7-3-6(12)2-5(9(7)18)4-14-15-11(19)8-10(13)17-21-16-8/h2-4,18H,1H3,(H2,13,17)(H,15,19)/b14-4+. The van der Waals surface area contributed by atoms with Crippen molar-refractivity contribution in [1.82, 2.24) is 15.7 Å². The number of hydrazone groups is 1. The molecule has 1 aromatic heterocycles. The highest BCUT2D eigenvalue weighted by Gasteiger charge is 2.15. The smallest absolute Gasteiger partial charge is 0.297 e. The highest BCUT2D eigenvalue weighted by atomic mass is 79.9. The first-order chi connectivity index (χ1) is 10.0. The number of hydrogen-bond donors (Lipinski definition) is 3. The van der Waals surface area contributed by atoms with Crippen LogP contribution in [0.4, 0.5) is 5.82 Å². The number of phenolic OH excluding ortho intramolecular Hbond substituents is 1. The number of carbonyl (C=O) groups is 1. The zero-order valence-corrected chi connectivity index (χ0v) is 12.3. The first-order valence-electron chi connectivity index (χ1n) is 5.51. The van der Waals surface area contributed by atoms with Crippen LogP contribution in [0.15, 0.2) is 26.3 Å². The minimum Gasteiger partial charge on any atom is -0.504 e. The molecule has 0 saturated carbocycles. The number of hydrogen-bond acceptors (Lipinski definition) is 8. The highest BCUT2D eigenvalue weighted by Crippen LogP contribution is 2.32. The fourth-order valence-electron chi connectivity index (χ4n) is 1.41. The molecule has 1 amide bonds. The molecule has 10 heteroatoms. The van der Waals surface area contributed by atoms with E-state index in [1.54, 1.807) is 12.1 Å². The molecule has 0 aliphatic heterocycles. The van der Waals surface area contributed by atoms with Gasteiger partial charge in [0.15, 0.2) is 11.5 Å². The van der Waals surface area contributed by atoms with Crippen molar-refractivity contribution in [3.8, 4) is 11.5 Å². The molecule has 0 radical (unpaired) electrons. The molecule has 0 aliphatic carbocycles. The van der Waals surface area contributed by atoms with Crippen LogP contribution in [0.3, 0.4) is 0 Å². The molecule has 0 spiro atoms. The van der Waals surface area contributed by atoms with Gasteiger partial charge in [-0.2, -0.15) is 5.10 Å². The normalized spacial score (nSPS) is 10.8. The summed E-state index contributed by atoms with van der Waals surface area (Å²) in [6.07, 6.45) is 1.24. The van der Waals surface area contributed by atoms with Crippen LogP contribution in [-0.4, -0.2) is 34.7 Å². The van der Waals surface area contributed by atoms with E-state index < -0.39 is 5.91 Å². The Morgan fingerprint density at radius 1 is 1.57 bits per heavy atom. The quantitative estimate of drug-likeness (QED) is 0.547. The molecule has 0 atom stereocenters. The molecular weight excluding hydrogens is 346 g/mol. The number of benzene rings is 1. The molecule has 1 aromatic carbocycles. The summed E-state index contributed by atoms with van der Waals surface area (Å²) < 4.78 is 9.96. The molecule has 0 saturated heterocycles. The van der Waals surface area contributed by atoms with Gasteiger partial charge in [-0.3, -0.25) is 4.79 Å². The number of anilines is 1. The van der Waals surface area contributed by atoms with Gasteiger partial charge in [0, 0.05) is 10.0 Å². The van der Waals surface area contributed by atoms with E-state index in [0.29, 0.717) is 10.0 Å². The Hall–Kier alpha value is -2.62. The van der Waals surface area contributed by atoms with E-state index in [-0.39, 0.29) is 23.0 Å². The fraction of sp³-hybridized carbons (Fsp3) is 0.0909. The van der Waals surface area contributed by atoms with Crippen LogP contribution in [0.25, 0.3) is 0 Å². The number of nitrogens with one attached hydrogen (secondary N) is 1. The van der Waals surface area contributed by atoms with E-state index in [0.717, 1.165) is 0 Å². The van der Waals surface area contributed by atoms with Gasteiger partial charge in [0.1, 0.15) is 0 Å². The van der Waals surface area contributed by atoms with Gasteiger partial charge in [0.25, 0.3) is 5.91 Å². The number of phenols is 1. The lowest BCUT2D eigenvalue weighted by molar-refractivity contribution is 0.0946. The maximum Gasteiger partial charge on any atom is 0.297 e. The van der Waals surface area contributed by atoms with Gasteiger partial charge in [-0.15, -0.1) is 0 Å². The van der Waals surface area contributed by atoms with Crippen molar-refractivity contribution in [2.75, 3.05) is 12.8 Å². The second kappa shape index (κ2) is 6.22. The monoisotopic (exact) mass is 355 g/mol. The third-order valence-electron chi connectivity index (χ3n) is 2.39. The summed E-state index contributed by atoms with van der Waals surface area (Å²) in [5.74, 6) is -0.676. The molecule has 21 heavy (non-hydrogen) atoms. The Bertz CT molecular complexity index is 700. The zero-order chi connectivity index (χ0) is 15.4. The molecule has 0 bridgehead atoms. The van der Waals surface area contributed by atoms with Crippen molar-refractivity contribution in [3.05, 3.63) is 27.9 Å². The number of nitrogens with two attached hydrogens (primary N) is 1. The van der Waals surface area contributed by atoms with E-state index in [1.165, 1.54) is 13.3 Å². The van der Waals surface area contributed by atoms with E-state index in [2.05, 4.69) is 41.4 Å². The third-order valence-corrected chi connectivity index (χ3v) is 2.85. The summed E-state index contributed by atoms with van der Waals surface area (Å²) in [5, 5.41) is 20.2. The molecule has 0 aliphatic rings. The average molecular weight is 356 g/mol. The molecule has 0 unspecified atom stereocenters. The molecule has 2 aromatic rings. The summed E-state index contributed by atoms with van der Waals surface area (Å²) in [5.41, 5.74) is 7.71. The highest BCUT2D eigenvalue weighted by molar-refractivity contribution is 9.10. The number of halogens is 1.